The van der Waals surface area contributed by atoms with Crippen LogP contribution < -0.4 is 11.1 Å². The summed E-state index contributed by atoms with van der Waals surface area (Å²) in [6.45, 7) is 2.46. The number of hydrogen-bond donors (Lipinski definition) is 2. The molecule has 25 heavy (non-hydrogen) atoms. The molecule has 0 bridgehead atoms. The number of carbonyl (C=O) groups is 1. The van der Waals surface area contributed by atoms with E-state index in [2.05, 4.69) is 15.3 Å². The molecule has 1 aliphatic heterocycles. The second kappa shape index (κ2) is 7.01. The number of benzene rings is 1. The first-order valence-electron chi connectivity index (χ1n) is 7.59. The second-order valence-corrected chi connectivity index (χ2v) is 7.77. The van der Waals surface area contributed by atoms with Gasteiger partial charge in [-0.15, -0.1) is 0 Å². The number of hydrogen-bond acceptors (Lipinski definition) is 5. The molecule has 5 nitrogen and oxygen atoms in total. The van der Waals surface area contributed by atoms with Crippen LogP contribution in [0.4, 0.5) is 10.1 Å². The maximum atomic E-state index is 14.4. The number of nitrogens with zero attached hydrogens (tertiary/aromatic N) is 2. The fourth-order valence-electron chi connectivity index (χ4n) is 2.60. The largest absolute Gasteiger partial charge is 0.379 e. The van der Waals surface area contributed by atoms with Gasteiger partial charge in [-0.1, -0.05) is 23.4 Å². The molecule has 1 aromatic heterocycles. The summed E-state index contributed by atoms with van der Waals surface area (Å²) >= 11 is 7.10. The fourth-order valence-corrected chi connectivity index (χ4v) is 3.79. The molecule has 0 spiro atoms. The van der Waals surface area contributed by atoms with E-state index in [1.165, 1.54) is 36.2 Å². The zero-order chi connectivity index (χ0) is 18.0. The van der Waals surface area contributed by atoms with Gasteiger partial charge in [0.1, 0.15) is 11.5 Å². The minimum absolute atomic E-state index is 0.227. The van der Waals surface area contributed by atoms with E-state index in [9.17, 15) is 9.18 Å². The normalized spacial score (nSPS) is 20.0. The van der Waals surface area contributed by atoms with Crippen LogP contribution in [0.25, 0.3) is 0 Å². The van der Waals surface area contributed by atoms with E-state index in [1.54, 1.807) is 12.1 Å². The van der Waals surface area contributed by atoms with Crippen LogP contribution in [0.1, 0.15) is 29.4 Å². The van der Waals surface area contributed by atoms with Crippen molar-refractivity contribution in [3.05, 3.63) is 58.6 Å². The quantitative estimate of drug-likeness (QED) is 0.851. The average molecular weight is 379 g/mol. The number of rotatable bonds is 3. The van der Waals surface area contributed by atoms with Crippen molar-refractivity contribution in [1.29, 1.82) is 0 Å². The van der Waals surface area contributed by atoms with Gasteiger partial charge in [-0.25, -0.2) is 9.37 Å². The number of aromatic nitrogens is 1. The highest BCUT2D eigenvalue weighted by Crippen LogP contribution is 2.43. The van der Waals surface area contributed by atoms with Crippen LogP contribution >= 0.6 is 23.4 Å². The van der Waals surface area contributed by atoms with E-state index >= 15 is 0 Å². The number of thioether (sulfide) groups is 1. The molecule has 2 heterocycles. The first-order valence-corrected chi connectivity index (χ1v) is 8.79. The standard InChI is InChI=1S/C17H16ClFN4OS/c1-17(6-7-21-16(20)25-17)12-8-11(3-4-13(12)19)23-15(24)14-5-2-10(18)9-22-14/h2-5,8-9H,6-7H2,1H3,(H2,20,21)(H,23,24)/t17-/m1/s1. The summed E-state index contributed by atoms with van der Waals surface area (Å²) in [7, 11) is 0. The van der Waals surface area contributed by atoms with Crippen molar-refractivity contribution in [3.63, 3.8) is 0 Å². The molecule has 0 saturated carbocycles. The Labute approximate surface area is 153 Å². The van der Waals surface area contributed by atoms with Gasteiger partial charge in [-0.2, -0.15) is 0 Å². The molecule has 0 fully saturated rings. The molecule has 1 atom stereocenters. The highest BCUT2D eigenvalue weighted by atomic mass is 35.5. The van der Waals surface area contributed by atoms with Crippen LogP contribution in [-0.2, 0) is 4.75 Å². The molecule has 0 saturated heterocycles. The Morgan fingerprint density at radius 3 is 2.88 bits per heavy atom. The van der Waals surface area contributed by atoms with Crippen LogP contribution in [0.2, 0.25) is 5.02 Å². The molecule has 0 aliphatic carbocycles. The molecule has 0 unspecified atom stereocenters. The first kappa shape index (κ1) is 17.7. The highest BCUT2D eigenvalue weighted by molar-refractivity contribution is 8.14. The number of carbonyl (C=O) groups excluding carboxylic acids is 1. The number of nitrogens with two attached hydrogens (primary N) is 1. The summed E-state index contributed by atoms with van der Waals surface area (Å²) in [6.07, 6.45) is 2.06. The number of nitrogens with one attached hydrogen (secondary N) is 1. The smallest absolute Gasteiger partial charge is 0.274 e. The molecule has 0 radical (unpaired) electrons. The third-order valence-corrected chi connectivity index (χ3v) is 5.38. The van der Waals surface area contributed by atoms with Crippen molar-refractivity contribution in [2.24, 2.45) is 10.7 Å². The molecular weight excluding hydrogens is 363 g/mol. The third kappa shape index (κ3) is 3.93. The number of aliphatic imine (C=N–C) groups is 1. The van der Waals surface area contributed by atoms with Crippen molar-refractivity contribution in [1.82, 2.24) is 4.98 Å². The lowest BCUT2D eigenvalue weighted by Crippen LogP contribution is -2.29. The molecule has 1 amide bonds. The van der Waals surface area contributed by atoms with Crippen molar-refractivity contribution in [3.8, 4) is 0 Å². The lowest BCUT2D eigenvalue weighted by atomic mass is 9.95. The molecular formula is C17H16ClFN4OS. The van der Waals surface area contributed by atoms with E-state index < -0.39 is 10.7 Å². The summed E-state index contributed by atoms with van der Waals surface area (Å²) in [5.74, 6) is -0.732. The minimum Gasteiger partial charge on any atom is -0.379 e. The van der Waals surface area contributed by atoms with Gasteiger partial charge in [0.2, 0.25) is 0 Å². The maximum absolute atomic E-state index is 14.4. The Bertz CT molecular complexity index is 843. The number of amidine groups is 1. The predicted molar refractivity (Wildman–Crippen MR) is 99.6 cm³/mol. The van der Waals surface area contributed by atoms with Gasteiger partial charge in [0.15, 0.2) is 5.17 Å². The topological polar surface area (TPSA) is 80.4 Å². The Hall–Kier alpha value is -2.12. The third-order valence-electron chi connectivity index (χ3n) is 3.94. The zero-order valence-corrected chi connectivity index (χ0v) is 15.0. The number of halogens is 2. The fraction of sp³-hybridized carbons (Fsp3) is 0.235. The van der Waals surface area contributed by atoms with E-state index in [0.29, 0.717) is 34.4 Å². The van der Waals surface area contributed by atoms with Gasteiger partial charge >= 0.3 is 0 Å². The maximum Gasteiger partial charge on any atom is 0.274 e. The summed E-state index contributed by atoms with van der Waals surface area (Å²) in [5.41, 5.74) is 7.00. The molecule has 1 aromatic carbocycles. The molecule has 2 aromatic rings. The van der Waals surface area contributed by atoms with E-state index in [1.807, 2.05) is 6.92 Å². The van der Waals surface area contributed by atoms with Crippen LogP contribution in [0, 0.1) is 5.82 Å². The van der Waals surface area contributed by atoms with Crippen molar-refractivity contribution in [2.45, 2.75) is 18.1 Å². The molecule has 8 heteroatoms. The number of pyridine rings is 1. The van der Waals surface area contributed by atoms with E-state index in [-0.39, 0.29) is 11.5 Å². The van der Waals surface area contributed by atoms with Gasteiger partial charge in [0, 0.05) is 24.0 Å². The lowest BCUT2D eigenvalue weighted by Gasteiger charge is -2.32. The van der Waals surface area contributed by atoms with Gasteiger partial charge in [-0.05, 0) is 43.7 Å². The van der Waals surface area contributed by atoms with Crippen LogP contribution in [0.3, 0.4) is 0 Å². The summed E-state index contributed by atoms with van der Waals surface area (Å²) in [4.78, 5) is 20.4. The van der Waals surface area contributed by atoms with Gasteiger partial charge in [-0.3, -0.25) is 9.79 Å². The average Bonchev–Trinajstić information content (AvgIpc) is 2.57. The Morgan fingerprint density at radius 2 is 2.20 bits per heavy atom. The van der Waals surface area contributed by atoms with Crippen LogP contribution in [0.5, 0.6) is 0 Å². The summed E-state index contributed by atoms with van der Waals surface area (Å²) < 4.78 is 13.9. The van der Waals surface area contributed by atoms with Gasteiger partial charge in [0.25, 0.3) is 5.91 Å². The molecule has 130 valence electrons. The van der Waals surface area contributed by atoms with Crippen molar-refractivity contribution >= 4 is 40.1 Å². The van der Waals surface area contributed by atoms with Crippen molar-refractivity contribution < 1.29 is 9.18 Å². The summed E-state index contributed by atoms with van der Waals surface area (Å²) in [5, 5.41) is 3.62. The Morgan fingerprint density at radius 1 is 1.40 bits per heavy atom. The monoisotopic (exact) mass is 378 g/mol. The van der Waals surface area contributed by atoms with Gasteiger partial charge in [0.05, 0.1) is 9.77 Å². The van der Waals surface area contributed by atoms with E-state index in [4.69, 9.17) is 17.3 Å². The Kier molecular flexibility index (Phi) is 4.96. The molecule has 3 rings (SSSR count). The zero-order valence-electron chi connectivity index (χ0n) is 13.4. The Balaban J connectivity index is 1.85. The predicted octanol–water partition coefficient (Wildman–Crippen LogP) is 3.79. The second-order valence-electron chi connectivity index (χ2n) is 5.81. The minimum atomic E-state index is -0.533. The molecule has 3 N–H and O–H groups in total. The number of amides is 1. The molecule has 1 aliphatic rings. The first-order chi connectivity index (χ1) is 11.9. The van der Waals surface area contributed by atoms with E-state index in [0.717, 1.165) is 0 Å². The highest BCUT2D eigenvalue weighted by Gasteiger charge is 2.34. The number of anilines is 1. The van der Waals surface area contributed by atoms with Crippen LogP contribution in [-0.4, -0.2) is 22.6 Å². The van der Waals surface area contributed by atoms with Crippen LogP contribution in [0.15, 0.2) is 41.5 Å². The lowest BCUT2D eigenvalue weighted by molar-refractivity contribution is 0.102. The van der Waals surface area contributed by atoms with Gasteiger partial charge < -0.3 is 11.1 Å². The summed E-state index contributed by atoms with van der Waals surface area (Å²) in [6, 6.07) is 7.60. The van der Waals surface area contributed by atoms with Crippen molar-refractivity contribution in [2.75, 3.05) is 11.9 Å². The SMILES string of the molecule is C[C@]1(c2cc(NC(=O)c3ccc(Cl)cn3)ccc2F)CCN=C(N)S1.